The Balaban J connectivity index is 1.34. The molecule has 0 aromatic heterocycles. The molecule has 1 atom stereocenters. The van der Waals surface area contributed by atoms with Crippen LogP contribution in [0.3, 0.4) is 0 Å². The Morgan fingerprint density at radius 3 is 2.80 bits per heavy atom. The highest BCUT2D eigenvalue weighted by atomic mass is 15.2. The standard InChI is InChI=1S/C28H40N2/c1-3-28(25-11-5-4-6-12-25)30-20-17-26-21-24(13-14-27(26)22(30)2)10-8-7-9-23-15-18-29-19-16-23/h5,11-14,21,23,28-29H,2-4,6-10,15-20H2,1H3. The minimum atomic E-state index is 0.469. The first-order chi connectivity index (χ1) is 14.8. The maximum Gasteiger partial charge on any atom is 0.0536 e. The molecule has 1 saturated heterocycles. The topological polar surface area (TPSA) is 15.3 Å². The summed E-state index contributed by atoms with van der Waals surface area (Å²) in [6.45, 7) is 10.4. The van der Waals surface area contributed by atoms with Crippen molar-refractivity contribution in [2.45, 2.75) is 77.2 Å². The van der Waals surface area contributed by atoms with Crippen molar-refractivity contribution >= 4 is 5.70 Å². The van der Waals surface area contributed by atoms with Crippen molar-refractivity contribution in [3.8, 4) is 0 Å². The molecule has 1 fully saturated rings. The Bertz CT molecular complexity index is 782. The van der Waals surface area contributed by atoms with Gasteiger partial charge in [0.15, 0.2) is 0 Å². The monoisotopic (exact) mass is 404 g/mol. The first-order valence-corrected chi connectivity index (χ1v) is 12.4. The molecule has 0 radical (unpaired) electrons. The lowest BCUT2D eigenvalue weighted by Gasteiger charge is -2.40. The van der Waals surface area contributed by atoms with Gasteiger partial charge in [-0.25, -0.2) is 0 Å². The number of piperidine rings is 1. The van der Waals surface area contributed by atoms with Crippen LogP contribution in [0, 0.1) is 5.92 Å². The quantitative estimate of drug-likeness (QED) is 0.513. The Kier molecular flexibility index (Phi) is 7.49. The summed E-state index contributed by atoms with van der Waals surface area (Å²) in [6.07, 6.45) is 19.9. The van der Waals surface area contributed by atoms with Crippen molar-refractivity contribution < 1.29 is 0 Å². The molecule has 2 nitrogen and oxygen atoms in total. The van der Waals surface area contributed by atoms with Gasteiger partial charge < -0.3 is 10.2 Å². The number of aryl methyl sites for hydroxylation is 1. The van der Waals surface area contributed by atoms with E-state index in [0.29, 0.717) is 6.04 Å². The van der Waals surface area contributed by atoms with Gasteiger partial charge in [-0.05, 0) is 87.1 Å². The van der Waals surface area contributed by atoms with Crippen LogP contribution in [0.15, 0.2) is 48.6 Å². The number of benzene rings is 1. The SMILES string of the molecule is C=C1c2ccc(CCCCC3CCNCC3)cc2CCN1C(CC)C1=CCCC=C1. The van der Waals surface area contributed by atoms with E-state index in [9.17, 15) is 0 Å². The minimum absolute atomic E-state index is 0.469. The van der Waals surface area contributed by atoms with E-state index >= 15 is 0 Å². The molecule has 2 aliphatic heterocycles. The summed E-state index contributed by atoms with van der Waals surface area (Å²) in [5, 5.41) is 3.48. The third-order valence-corrected chi connectivity index (χ3v) is 7.41. The van der Waals surface area contributed by atoms with E-state index in [-0.39, 0.29) is 0 Å². The van der Waals surface area contributed by atoms with Crippen LogP contribution < -0.4 is 5.32 Å². The molecule has 4 rings (SSSR count). The average molecular weight is 405 g/mol. The lowest BCUT2D eigenvalue weighted by molar-refractivity contribution is 0.317. The number of fused-ring (bicyclic) bond motifs is 1. The van der Waals surface area contributed by atoms with Crippen molar-refractivity contribution in [3.63, 3.8) is 0 Å². The summed E-state index contributed by atoms with van der Waals surface area (Å²) < 4.78 is 0. The van der Waals surface area contributed by atoms with Crippen LogP contribution in [0.2, 0.25) is 0 Å². The fraction of sp³-hybridized carbons (Fsp3) is 0.571. The average Bonchev–Trinajstić information content (AvgIpc) is 2.80. The van der Waals surface area contributed by atoms with Crippen LogP contribution >= 0.6 is 0 Å². The lowest BCUT2D eigenvalue weighted by atomic mass is 9.89. The fourth-order valence-corrected chi connectivity index (χ4v) is 5.61. The second kappa shape index (κ2) is 10.5. The molecule has 1 aromatic carbocycles. The molecule has 162 valence electrons. The molecule has 0 amide bonds. The smallest absolute Gasteiger partial charge is 0.0536 e. The lowest BCUT2D eigenvalue weighted by Crippen LogP contribution is -2.38. The second-order valence-corrected chi connectivity index (χ2v) is 9.43. The Labute approximate surface area is 184 Å². The molecule has 1 N–H and O–H groups in total. The van der Waals surface area contributed by atoms with Gasteiger partial charge >= 0.3 is 0 Å². The Morgan fingerprint density at radius 1 is 1.17 bits per heavy atom. The first-order valence-electron chi connectivity index (χ1n) is 12.4. The maximum absolute atomic E-state index is 4.53. The minimum Gasteiger partial charge on any atom is -0.364 e. The van der Waals surface area contributed by atoms with Gasteiger partial charge in [-0.1, -0.05) is 62.8 Å². The number of allylic oxidation sites excluding steroid dienone is 2. The molecular formula is C28H40N2. The third-order valence-electron chi connectivity index (χ3n) is 7.41. The number of nitrogens with one attached hydrogen (secondary N) is 1. The van der Waals surface area contributed by atoms with Gasteiger partial charge in [0, 0.05) is 17.8 Å². The number of unbranched alkanes of at least 4 members (excludes halogenated alkanes) is 1. The van der Waals surface area contributed by atoms with Gasteiger partial charge in [-0.3, -0.25) is 0 Å². The Morgan fingerprint density at radius 2 is 2.03 bits per heavy atom. The summed E-state index contributed by atoms with van der Waals surface area (Å²) >= 11 is 0. The molecule has 0 saturated carbocycles. The van der Waals surface area contributed by atoms with Gasteiger partial charge in [-0.15, -0.1) is 0 Å². The summed E-state index contributed by atoms with van der Waals surface area (Å²) in [7, 11) is 0. The molecule has 1 unspecified atom stereocenters. The zero-order valence-corrected chi connectivity index (χ0v) is 19.0. The highest BCUT2D eigenvalue weighted by Crippen LogP contribution is 2.34. The van der Waals surface area contributed by atoms with Crippen LogP contribution in [0.1, 0.15) is 75.0 Å². The number of rotatable bonds is 8. The highest BCUT2D eigenvalue weighted by Gasteiger charge is 2.27. The maximum atomic E-state index is 4.53. The molecule has 1 aliphatic carbocycles. The van der Waals surface area contributed by atoms with Crippen LogP contribution in [0.5, 0.6) is 0 Å². The zero-order chi connectivity index (χ0) is 20.8. The van der Waals surface area contributed by atoms with E-state index in [0.717, 1.165) is 25.3 Å². The van der Waals surface area contributed by atoms with Crippen LogP contribution in [0.25, 0.3) is 5.70 Å². The molecule has 2 heteroatoms. The van der Waals surface area contributed by atoms with E-state index in [1.165, 1.54) is 92.4 Å². The van der Waals surface area contributed by atoms with E-state index in [4.69, 9.17) is 0 Å². The molecule has 3 aliphatic rings. The molecular weight excluding hydrogens is 364 g/mol. The van der Waals surface area contributed by atoms with E-state index in [2.05, 4.69) is 60.1 Å². The van der Waals surface area contributed by atoms with Crippen molar-refractivity contribution in [3.05, 3.63) is 65.3 Å². The van der Waals surface area contributed by atoms with Crippen molar-refractivity contribution in [1.82, 2.24) is 10.2 Å². The van der Waals surface area contributed by atoms with Gasteiger partial charge in [0.25, 0.3) is 0 Å². The second-order valence-electron chi connectivity index (χ2n) is 9.43. The van der Waals surface area contributed by atoms with Crippen LogP contribution in [-0.2, 0) is 12.8 Å². The van der Waals surface area contributed by atoms with Gasteiger partial charge in [0.2, 0.25) is 0 Å². The zero-order valence-electron chi connectivity index (χ0n) is 19.0. The van der Waals surface area contributed by atoms with Crippen LogP contribution in [0.4, 0.5) is 0 Å². The molecule has 0 spiro atoms. The molecule has 30 heavy (non-hydrogen) atoms. The van der Waals surface area contributed by atoms with E-state index in [1.54, 1.807) is 0 Å². The van der Waals surface area contributed by atoms with E-state index < -0.39 is 0 Å². The van der Waals surface area contributed by atoms with Crippen LogP contribution in [-0.4, -0.2) is 30.6 Å². The van der Waals surface area contributed by atoms with Crippen molar-refractivity contribution in [2.75, 3.05) is 19.6 Å². The van der Waals surface area contributed by atoms with Crippen molar-refractivity contribution in [2.24, 2.45) is 5.92 Å². The first kappa shape index (κ1) is 21.4. The predicted octanol–water partition coefficient (Wildman–Crippen LogP) is 6.28. The Hall–Kier alpha value is -1.80. The summed E-state index contributed by atoms with van der Waals surface area (Å²) in [6, 6.07) is 7.66. The molecule has 1 aromatic rings. The van der Waals surface area contributed by atoms with Gasteiger partial charge in [0.05, 0.1) is 6.04 Å². The summed E-state index contributed by atoms with van der Waals surface area (Å²) in [5.41, 5.74) is 7.11. The fourth-order valence-electron chi connectivity index (χ4n) is 5.61. The molecule has 0 bridgehead atoms. The largest absolute Gasteiger partial charge is 0.364 e. The van der Waals surface area contributed by atoms with Gasteiger partial charge in [0.1, 0.15) is 0 Å². The van der Waals surface area contributed by atoms with Gasteiger partial charge in [-0.2, -0.15) is 0 Å². The van der Waals surface area contributed by atoms with E-state index in [1.807, 2.05) is 0 Å². The summed E-state index contributed by atoms with van der Waals surface area (Å²) in [4.78, 5) is 2.56. The van der Waals surface area contributed by atoms with Crippen molar-refractivity contribution in [1.29, 1.82) is 0 Å². The normalized spacial score (nSPS) is 20.8. The third kappa shape index (κ3) is 5.09. The number of hydrogen-bond donors (Lipinski definition) is 1. The highest BCUT2D eigenvalue weighted by molar-refractivity contribution is 5.68. The number of hydrogen-bond acceptors (Lipinski definition) is 2. The molecule has 2 heterocycles. The summed E-state index contributed by atoms with van der Waals surface area (Å²) in [5.74, 6) is 0.963. The number of nitrogens with zero attached hydrogens (tertiary/aromatic N) is 1. The predicted molar refractivity (Wildman–Crippen MR) is 130 cm³/mol.